The summed E-state index contributed by atoms with van der Waals surface area (Å²) in [6.07, 6.45) is 5.09. The quantitative estimate of drug-likeness (QED) is 0.452. The third-order valence-electron chi connectivity index (χ3n) is 6.99. The van der Waals surface area contributed by atoms with E-state index in [2.05, 4.69) is 61.1 Å². The Labute approximate surface area is 211 Å². The molecule has 1 unspecified atom stereocenters. The lowest BCUT2D eigenvalue weighted by atomic mass is 10.00. The molecule has 4 heterocycles. The van der Waals surface area contributed by atoms with Crippen LogP contribution < -0.4 is 15.1 Å². The molecule has 0 saturated carbocycles. The van der Waals surface area contributed by atoms with Gasteiger partial charge in [-0.2, -0.15) is 0 Å². The third kappa shape index (κ3) is 6.01. The lowest BCUT2D eigenvalue weighted by Crippen LogP contribution is -2.35. The predicted octanol–water partition coefficient (Wildman–Crippen LogP) is 3.89. The Morgan fingerprint density at radius 1 is 1.06 bits per heavy atom. The van der Waals surface area contributed by atoms with Gasteiger partial charge in [0.05, 0.1) is 18.6 Å². The monoisotopic (exact) mass is 494 g/mol. The molecule has 2 aliphatic rings. The van der Waals surface area contributed by atoms with E-state index in [-0.39, 0.29) is 5.91 Å². The number of carbonyl (C=O) groups is 1. The van der Waals surface area contributed by atoms with E-state index in [4.69, 9.17) is 4.42 Å². The molecule has 0 spiro atoms. The number of rotatable bonds is 9. The Hall–Kier alpha value is -2.94. The summed E-state index contributed by atoms with van der Waals surface area (Å²) in [5.41, 5.74) is 1.26. The van der Waals surface area contributed by atoms with Crippen molar-refractivity contribution in [1.29, 1.82) is 0 Å². The molecule has 9 heteroatoms. The number of nitrogens with one attached hydrogen (secondary N) is 1. The molecule has 8 nitrogen and oxygen atoms in total. The first-order valence-corrected chi connectivity index (χ1v) is 13.5. The number of benzene rings is 1. The van der Waals surface area contributed by atoms with Crippen LogP contribution in [0.3, 0.4) is 0 Å². The van der Waals surface area contributed by atoms with Gasteiger partial charge in [-0.25, -0.2) is 0 Å². The molecule has 1 atom stereocenters. The number of nitrogens with zero attached hydrogens (tertiary/aromatic N) is 5. The molecule has 1 amide bonds. The number of para-hydroxylation sites is 1. The number of aromatic nitrogens is 3. The summed E-state index contributed by atoms with van der Waals surface area (Å²) in [5.74, 6) is 3.29. The number of furan rings is 1. The largest absolute Gasteiger partial charge is 0.467 e. The molecule has 1 aromatic carbocycles. The SMILES string of the molecule is CC1CCN(c2nnc(SCC(=O)NCC3CCN(c4ccccc4)C3)n2Cc2ccco2)CC1. The van der Waals surface area contributed by atoms with Gasteiger partial charge in [0.2, 0.25) is 11.9 Å². The fourth-order valence-electron chi connectivity index (χ4n) is 4.84. The molecular weight excluding hydrogens is 460 g/mol. The fraction of sp³-hybridized carbons (Fsp3) is 0.500. The Bertz CT molecular complexity index is 1080. The van der Waals surface area contributed by atoms with Crippen molar-refractivity contribution in [3.8, 4) is 0 Å². The third-order valence-corrected chi connectivity index (χ3v) is 7.95. The van der Waals surface area contributed by atoms with Crippen LogP contribution in [0.4, 0.5) is 11.6 Å². The molecule has 1 N–H and O–H groups in total. The zero-order valence-corrected chi connectivity index (χ0v) is 21.1. The Balaban J connectivity index is 1.15. The average Bonchev–Trinajstić information content (AvgIpc) is 3.65. The van der Waals surface area contributed by atoms with Crippen molar-refractivity contribution in [2.45, 2.75) is 37.9 Å². The van der Waals surface area contributed by atoms with Crippen molar-refractivity contribution < 1.29 is 9.21 Å². The molecule has 2 aliphatic heterocycles. The Kier molecular flexibility index (Phi) is 7.61. The smallest absolute Gasteiger partial charge is 0.230 e. The summed E-state index contributed by atoms with van der Waals surface area (Å²) in [7, 11) is 0. The topological polar surface area (TPSA) is 79.4 Å². The second kappa shape index (κ2) is 11.2. The molecule has 0 aliphatic carbocycles. The highest BCUT2D eigenvalue weighted by Crippen LogP contribution is 2.27. The average molecular weight is 495 g/mol. The van der Waals surface area contributed by atoms with Crippen molar-refractivity contribution in [2.75, 3.05) is 48.3 Å². The first-order chi connectivity index (χ1) is 17.2. The highest BCUT2D eigenvalue weighted by molar-refractivity contribution is 7.99. The maximum absolute atomic E-state index is 12.7. The number of anilines is 2. The fourth-order valence-corrected chi connectivity index (χ4v) is 5.60. The van der Waals surface area contributed by atoms with E-state index in [0.29, 0.717) is 24.8 Å². The van der Waals surface area contributed by atoms with Crippen LogP contribution in [0.15, 0.2) is 58.3 Å². The van der Waals surface area contributed by atoms with Crippen molar-refractivity contribution in [3.05, 3.63) is 54.5 Å². The predicted molar refractivity (Wildman–Crippen MR) is 139 cm³/mol. The lowest BCUT2D eigenvalue weighted by molar-refractivity contribution is -0.118. The van der Waals surface area contributed by atoms with Gasteiger partial charge in [0.25, 0.3) is 0 Å². The van der Waals surface area contributed by atoms with Gasteiger partial charge in [0.15, 0.2) is 5.16 Å². The number of carbonyl (C=O) groups excluding carboxylic acids is 1. The molecule has 35 heavy (non-hydrogen) atoms. The molecule has 0 bridgehead atoms. The van der Waals surface area contributed by atoms with E-state index in [1.165, 1.54) is 17.4 Å². The summed E-state index contributed by atoms with van der Waals surface area (Å²) in [6, 6.07) is 14.3. The van der Waals surface area contributed by atoms with E-state index >= 15 is 0 Å². The van der Waals surface area contributed by atoms with Crippen LogP contribution >= 0.6 is 11.8 Å². The van der Waals surface area contributed by atoms with Crippen molar-refractivity contribution in [2.24, 2.45) is 11.8 Å². The first-order valence-electron chi connectivity index (χ1n) is 12.6. The second-order valence-corrected chi connectivity index (χ2v) is 10.6. The molecule has 3 aromatic rings. The minimum Gasteiger partial charge on any atom is -0.467 e. The number of hydrogen-bond donors (Lipinski definition) is 1. The minimum absolute atomic E-state index is 0.0362. The number of amides is 1. The summed E-state index contributed by atoms with van der Waals surface area (Å²) < 4.78 is 7.68. The van der Waals surface area contributed by atoms with Crippen LogP contribution in [0.2, 0.25) is 0 Å². The van der Waals surface area contributed by atoms with Gasteiger partial charge in [-0.1, -0.05) is 36.9 Å². The Morgan fingerprint density at radius 2 is 1.86 bits per heavy atom. The van der Waals surface area contributed by atoms with Crippen LogP contribution in [0.25, 0.3) is 0 Å². The van der Waals surface area contributed by atoms with Crippen molar-refractivity contribution in [3.63, 3.8) is 0 Å². The van der Waals surface area contributed by atoms with E-state index in [1.807, 2.05) is 18.2 Å². The summed E-state index contributed by atoms with van der Waals surface area (Å²) in [5, 5.41) is 12.8. The van der Waals surface area contributed by atoms with Crippen LogP contribution in [0.5, 0.6) is 0 Å². The highest BCUT2D eigenvalue weighted by Gasteiger charge is 2.25. The van der Waals surface area contributed by atoms with Gasteiger partial charge < -0.3 is 19.5 Å². The summed E-state index contributed by atoms with van der Waals surface area (Å²) >= 11 is 1.44. The van der Waals surface area contributed by atoms with Crippen molar-refractivity contribution in [1.82, 2.24) is 20.1 Å². The molecule has 186 valence electrons. The van der Waals surface area contributed by atoms with Gasteiger partial charge in [-0.05, 0) is 55.4 Å². The molecule has 2 aromatic heterocycles. The summed E-state index contributed by atoms with van der Waals surface area (Å²) in [6.45, 7) is 7.53. The van der Waals surface area contributed by atoms with Gasteiger partial charge >= 0.3 is 0 Å². The zero-order valence-electron chi connectivity index (χ0n) is 20.3. The second-order valence-electron chi connectivity index (χ2n) is 9.65. The van der Waals surface area contributed by atoms with Crippen LogP contribution in [-0.4, -0.2) is 59.1 Å². The van der Waals surface area contributed by atoms with Crippen molar-refractivity contribution >= 4 is 29.3 Å². The van der Waals surface area contributed by atoms with Crippen LogP contribution in [0.1, 0.15) is 31.9 Å². The van der Waals surface area contributed by atoms with E-state index < -0.39 is 0 Å². The standard InChI is InChI=1S/C26H34N6O2S/c1-20-9-12-30(13-10-20)25-28-29-26(32(25)18-23-8-5-15-34-23)35-19-24(33)27-16-21-11-14-31(17-21)22-6-3-2-4-7-22/h2-8,15,20-21H,9-14,16-19H2,1H3,(H,27,33). The van der Waals surface area contributed by atoms with Gasteiger partial charge in [-0.15, -0.1) is 10.2 Å². The van der Waals surface area contributed by atoms with Crippen LogP contribution in [0, 0.1) is 11.8 Å². The van der Waals surface area contributed by atoms with E-state index in [0.717, 1.165) is 68.2 Å². The van der Waals surface area contributed by atoms with Gasteiger partial charge in [-0.3, -0.25) is 9.36 Å². The lowest BCUT2D eigenvalue weighted by Gasteiger charge is -2.31. The van der Waals surface area contributed by atoms with E-state index in [1.54, 1.807) is 6.26 Å². The van der Waals surface area contributed by atoms with Crippen LogP contribution in [-0.2, 0) is 11.3 Å². The maximum atomic E-state index is 12.7. The van der Waals surface area contributed by atoms with Gasteiger partial charge in [0.1, 0.15) is 5.76 Å². The maximum Gasteiger partial charge on any atom is 0.230 e. The number of hydrogen-bond acceptors (Lipinski definition) is 7. The number of thioether (sulfide) groups is 1. The molecule has 2 saturated heterocycles. The van der Waals surface area contributed by atoms with Gasteiger partial charge in [0, 0.05) is 38.4 Å². The summed E-state index contributed by atoms with van der Waals surface area (Å²) in [4.78, 5) is 17.4. The molecule has 2 fully saturated rings. The minimum atomic E-state index is 0.0362. The molecular formula is C26H34N6O2S. The van der Waals surface area contributed by atoms with E-state index in [9.17, 15) is 4.79 Å². The Morgan fingerprint density at radius 3 is 2.63 bits per heavy atom. The highest BCUT2D eigenvalue weighted by atomic mass is 32.2. The first kappa shape index (κ1) is 23.8. The normalized spacial score (nSPS) is 18.8. The zero-order chi connectivity index (χ0) is 24.0. The molecule has 5 rings (SSSR count). The molecule has 0 radical (unpaired) electrons. The number of piperidine rings is 1.